The molecule has 1 saturated heterocycles. The van der Waals surface area contributed by atoms with Crippen LogP contribution in [0.4, 0.5) is 4.79 Å². The number of hydrogen-bond donors (Lipinski definition) is 0. The van der Waals surface area contributed by atoms with Gasteiger partial charge in [-0.25, -0.2) is 4.79 Å². The molecule has 1 aliphatic carbocycles. The second-order valence-corrected chi connectivity index (χ2v) is 7.64. The first-order valence-corrected chi connectivity index (χ1v) is 7.81. The third kappa shape index (κ3) is 3.66. The van der Waals surface area contributed by atoms with Crippen molar-refractivity contribution in [3.8, 4) is 0 Å². The van der Waals surface area contributed by atoms with Crippen LogP contribution in [0.3, 0.4) is 0 Å². The van der Waals surface area contributed by atoms with Gasteiger partial charge in [-0.2, -0.15) is 0 Å². The number of ether oxygens (including phenoxy) is 2. The van der Waals surface area contributed by atoms with E-state index in [1.807, 2.05) is 27.8 Å². The van der Waals surface area contributed by atoms with Crippen molar-refractivity contribution >= 4 is 6.09 Å². The second kappa shape index (κ2) is 5.55. The van der Waals surface area contributed by atoms with Crippen molar-refractivity contribution in [2.24, 2.45) is 5.92 Å². The Kier molecular flexibility index (Phi) is 4.33. The third-order valence-electron chi connectivity index (χ3n) is 4.47. The van der Waals surface area contributed by atoms with Gasteiger partial charge in [0.15, 0.2) is 0 Å². The molecule has 0 radical (unpaired) electrons. The van der Waals surface area contributed by atoms with Crippen LogP contribution in [0.5, 0.6) is 0 Å². The first kappa shape index (κ1) is 15.6. The first-order chi connectivity index (χ1) is 9.21. The maximum atomic E-state index is 12.1. The summed E-state index contributed by atoms with van der Waals surface area (Å²) in [5.41, 5.74) is -0.430. The van der Waals surface area contributed by atoms with E-state index in [0.29, 0.717) is 6.61 Å². The number of likely N-dealkylation sites (N-methyl/N-ethyl adjacent to an activating group) is 1. The minimum Gasteiger partial charge on any atom is -0.444 e. The quantitative estimate of drug-likeness (QED) is 0.738. The molecule has 1 heterocycles. The molecule has 1 aliphatic heterocycles. The molecule has 1 spiro atoms. The maximum absolute atomic E-state index is 12.1. The van der Waals surface area contributed by atoms with Crippen molar-refractivity contribution in [2.45, 2.75) is 77.0 Å². The molecule has 4 nitrogen and oxygen atoms in total. The van der Waals surface area contributed by atoms with Gasteiger partial charge >= 0.3 is 6.09 Å². The average Bonchev–Trinajstić information content (AvgIpc) is 2.69. The Bertz CT molecular complexity index is 363. The SMILES string of the molecule is C[C@@H]1CCC[C@@]2(C1)C[C@@H](N(C)C(=O)OC(C)(C)C)CO2. The summed E-state index contributed by atoms with van der Waals surface area (Å²) < 4.78 is 11.6. The van der Waals surface area contributed by atoms with Crippen molar-refractivity contribution in [3.63, 3.8) is 0 Å². The van der Waals surface area contributed by atoms with Gasteiger partial charge in [-0.1, -0.05) is 19.8 Å². The van der Waals surface area contributed by atoms with E-state index >= 15 is 0 Å². The van der Waals surface area contributed by atoms with E-state index in [1.54, 1.807) is 4.90 Å². The predicted molar refractivity (Wildman–Crippen MR) is 78.7 cm³/mol. The van der Waals surface area contributed by atoms with Crippen LogP contribution < -0.4 is 0 Å². The van der Waals surface area contributed by atoms with Crippen LogP contribution in [0, 0.1) is 5.92 Å². The van der Waals surface area contributed by atoms with Crippen LogP contribution >= 0.6 is 0 Å². The predicted octanol–water partition coefficient (Wildman–Crippen LogP) is 3.59. The molecule has 2 fully saturated rings. The van der Waals surface area contributed by atoms with Crippen LogP contribution in [-0.2, 0) is 9.47 Å². The zero-order valence-corrected chi connectivity index (χ0v) is 13.6. The minimum atomic E-state index is -0.443. The minimum absolute atomic E-state index is 0.0125. The largest absolute Gasteiger partial charge is 0.444 e. The van der Waals surface area contributed by atoms with Gasteiger partial charge in [0, 0.05) is 7.05 Å². The highest BCUT2D eigenvalue weighted by Crippen LogP contribution is 2.42. The lowest BCUT2D eigenvalue weighted by Crippen LogP contribution is -2.42. The van der Waals surface area contributed by atoms with Gasteiger partial charge < -0.3 is 14.4 Å². The third-order valence-corrected chi connectivity index (χ3v) is 4.47. The number of nitrogens with zero attached hydrogens (tertiary/aromatic N) is 1. The smallest absolute Gasteiger partial charge is 0.410 e. The summed E-state index contributed by atoms with van der Waals surface area (Å²) in [6, 6.07) is 0.148. The molecule has 0 bridgehead atoms. The molecule has 116 valence electrons. The molecule has 1 saturated carbocycles. The number of rotatable bonds is 1. The molecule has 20 heavy (non-hydrogen) atoms. The Labute approximate surface area is 122 Å². The van der Waals surface area contributed by atoms with Crippen LogP contribution in [0.2, 0.25) is 0 Å². The van der Waals surface area contributed by atoms with Crippen LogP contribution in [0.25, 0.3) is 0 Å². The Balaban J connectivity index is 1.93. The van der Waals surface area contributed by atoms with Gasteiger partial charge in [0.25, 0.3) is 0 Å². The van der Waals surface area contributed by atoms with E-state index < -0.39 is 5.60 Å². The molecule has 0 aromatic carbocycles. The van der Waals surface area contributed by atoms with Crippen LogP contribution in [-0.4, -0.2) is 41.9 Å². The summed E-state index contributed by atoms with van der Waals surface area (Å²) in [7, 11) is 1.83. The zero-order valence-electron chi connectivity index (χ0n) is 13.6. The lowest BCUT2D eigenvalue weighted by molar-refractivity contribution is -0.0386. The summed E-state index contributed by atoms with van der Waals surface area (Å²) in [5, 5.41) is 0. The van der Waals surface area contributed by atoms with Gasteiger partial charge in [-0.3, -0.25) is 0 Å². The number of carbonyl (C=O) groups is 1. The van der Waals surface area contributed by atoms with Gasteiger partial charge in [-0.15, -0.1) is 0 Å². The highest BCUT2D eigenvalue weighted by molar-refractivity contribution is 5.68. The molecular weight excluding hydrogens is 254 g/mol. The Morgan fingerprint density at radius 1 is 1.35 bits per heavy atom. The van der Waals surface area contributed by atoms with Crippen molar-refractivity contribution in [1.29, 1.82) is 0 Å². The topological polar surface area (TPSA) is 38.8 Å². The van der Waals surface area contributed by atoms with Gasteiger partial charge in [-0.05, 0) is 46.0 Å². The Morgan fingerprint density at radius 3 is 2.65 bits per heavy atom. The lowest BCUT2D eigenvalue weighted by Gasteiger charge is -2.36. The normalized spacial score (nSPS) is 34.2. The maximum Gasteiger partial charge on any atom is 0.410 e. The highest BCUT2D eigenvalue weighted by Gasteiger charge is 2.45. The molecule has 4 heteroatoms. The molecule has 0 N–H and O–H groups in total. The summed E-state index contributed by atoms with van der Waals surface area (Å²) >= 11 is 0. The van der Waals surface area contributed by atoms with Crippen molar-refractivity contribution in [2.75, 3.05) is 13.7 Å². The summed E-state index contributed by atoms with van der Waals surface area (Å²) in [4.78, 5) is 13.9. The average molecular weight is 283 g/mol. The summed E-state index contributed by atoms with van der Waals surface area (Å²) in [6.45, 7) is 8.63. The molecule has 2 aliphatic rings. The number of amides is 1. The second-order valence-electron chi connectivity index (χ2n) is 7.64. The fourth-order valence-corrected chi connectivity index (χ4v) is 3.48. The molecule has 0 aromatic rings. The molecule has 0 unspecified atom stereocenters. The molecule has 0 aromatic heterocycles. The fraction of sp³-hybridized carbons (Fsp3) is 0.938. The first-order valence-electron chi connectivity index (χ1n) is 7.81. The van der Waals surface area contributed by atoms with Gasteiger partial charge in [0.2, 0.25) is 0 Å². The van der Waals surface area contributed by atoms with Crippen molar-refractivity contribution in [3.05, 3.63) is 0 Å². The lowest BCUT2D eigenvalue weighted by atomic mass is 9.77. The van der Waals surface area contributed by atoms with E-state index in [1.165, 1.54) is 12.8 Å². The summed E-state index contributed by atoms with van der Waals surface area (Å²) in [5.74, 6) is 0.731. The van der Waals surface area contributed by atoms with E-state index in [-0.39, 0.29) is 17.7 Å². The zero-order chi connectivity index (χ0) is 15.0. The van der Waals surface area contributed by atoms with E-state index in [0.717, 1.165) is 25.2 Å². The van der Waals surface area contributed by atoms with Gasteiger partial charge in [0.1, 0.15) is 5.60 Å². The monoisotopic (exact) mass is 283 g/mol. The Morgan fingerprint density at radius 2 is 2.05 bits per heavy atom. The molecule has 1 amide bonds. The van der Waals surface area contributed by atoms with Gasteiger partial charge in [0.05, 0.1) is 18.2 Å². The Hall–Kier alpha value is -0.770. The number of hydrogen-bond acceptors (Lipinski definition) is 3. The fourth-order valence-electron chi connectivity index (χ4n) is 3.48. The van der Waals surface area contributed by atoms with Crippen molar-refractivity contribution in [1.82, 2.24) is 4.90 Å². The van der Waals surface area contributed by atoms with E-state index in [4.69, 9.17) is 9.47 Å². The van der Waals surface area contributed by atoms with E-state index in [9.17, 15) is 4.79 Å². The molecule has 3 atom stereocenters. The molecular formula is C16H29NO3. The molecule has 2 rings (SSSR count). The van der Waals surface area contributed by atoms with Crippen LogP contribution in [0.15, 0.2) is 0 Å². The number of carbonyl (C=O) groups excluding carboxylic acids is 1. The van der Waals surface area contributed by atoms with Crippen molar-refractivity contribution < 1.29 is 14.3 Å². The highest BCUT2D eigenvalue weighted by atomic mass is 16.6. The standard InChI is InChI=1S/C16H29NO3/c1-12-7-6-8-16(9-12)10-13(11-19-16)17(5)14(18)20-15(2,3)4/h12-13H,6-11H2,1-5H3/t12-,13-,16-/m1/s1. The summed E-state index contributed by atoms with van der Waals surface area (Å²) in [6.07, 6.45) is 5.52. The van der Waals surface area contributed by atoms with Crippen LogP contribution in [0.1, 0.15) is 59.8 Å². The van der Waals surface area contributed by atoms with E-state index in [2.05, 4.69) is 6.92 Å².